The number of esters is 1. The van der Waals surface area contributed by atoms with Crippen molar-refractivity contribution in [3.05, 3.63) is 83.4 Å². The summed E-state index contributed by atoms with van der Waals surface area (Å²) in [7, 11) is -3.31. The maximum Gasteiger partial charge on any atom is 0.344 e. The lowest BCUT2D eigenvalue weighted by atomic mass is 10.1. The summed E-state index contributed by atoms with van der Waals surface area (Å²) in [6.07, 6.45) is 1.75. The maximum absolute atomic E-state index is 13.0. The molecule has 8 nitrogen and oxygen atoms in total. The molecule has 4 rings (SSSR count). The van der Waals surface area contributed by atoms with E-state index in [0.717, 1.165) is 17.4 Å². The van der Waals surface area contributed by atoms with E-state index in [0.29, 0.717) is 48.9 Å². The van der Waals surface area contributed by atoms with Crippen LogP contribution in [-0.2, 0) is 32.3 Å². The van der Waals surface area contributed by atoms with E-state index in [2.05, 4.69) is 0 Å². The molecule has 36 heavy (non-hydrogen) atoms. The van der Waals surface area contributed by atoms with Gasteiger partial charge in [-0.05, 0) is 61.0 Å². The SMILES string of the molecule is CCOC(=O)COc1cccc(CCOc2cccc3c2CN(c2ccc(S(C)(=O)=O)cc2)C3=O)c1. The quantitative estimate of drug-likeness (QED) is 0.383. The number of carbonyl (C=O) groups is 2. The van der Waals surface area contributed by atoms with Crippen LogP contribution in [0, 0.1) is 0 Å². The Balaban J connectivity index is 1.39. The molecule has 0 saturated carbocycles. The van der Waals surface area contributed by atoms with Crippen molar-refractivity contribution in [2.75, 3.05) is 31.0 Å². The lowest BCUT2D eigenvalue weighted by molar-refractivity contribution is -0.145. The van der Waals surface area contributed by atoms with Crippen molar-refractivity contribution < 1.29 is 32.2 Å². The topological polar surface area (TPSA) is 99.2 Å². The second-order valence-electron chi connectivity index (χ2n) is 8.28. The van der Waals surface area contributed by atoms with Gasteiger partial charge in [0.25, 0.3) is 5.91 Å². The molecular weight excluding hydrogens is 482 g/mol. The van der Waals surface area contributed by atoms with Crippen LogP contribution in [-0.4, -0.2) is 46.4 Å². The molecule has 0 N–H and O–H groups in total. The Morgan fingerprint density at radius 2 is 1.75 bits per heavy atom. The Hall–Kier alpha value is -3.85. The van der Waals surface area contributed by atoms with E-state index in [1.165, 1.54) is 12.1 Å². The lowest BCUT2D eigenvalue weighted by Crippen LogP contribution is -2.22. The predicted octanol–water partition coefficient (Wildman–Crippen LogP) is 3.81. The van der Waals surface area contributed by atoms with Crippen molar-refractivity contribution in [2.24, 2.45) is 0 Å². The van der Waals surface area contributed by atoms with Crippen LogP contribution in [0.15, 0.2) is 71.6 Å². The minimum absolute atomic E-state index is 0.147. The summed E-state index contributed by atoms with van der Waals surface area (Å²) >= 11 is 0. The highest BCUT2D eigenvalue weighted by molar-refractivity contribution is 7.90. The van der Waals surface area contributed by atoms with Gasteiger partial charge in [-0.3, -0.25) is 4.79 Å². The Labute approximate surface area is 210 Å². The summed E-state index contributed by atoms with van der Waals surface area (Å²) < 4.78 is 39.9. The number of anilines is 1. The van der Waals surface area contributed by atoms with Gasteiger partial charge < -0.3 is 19.1 Å². The standard InChI is InChI=1S/C27H27NO7S/c1-3-33-26(29)18-35-21-7-4-6-19(16-21)14-15-34-25-9-5-8-23-24(25)17-28(27(23)30)20-10-12-22(13-11-20)36(2,31)32/h4-13,16H,3,14-15,17-18H2,1-2H3. The van der Waals surface area contributed by atoms with Crippen LogP contribution in [0.2, 0.25) is 0 Å². The number of fused-ring (bicyclic) bond motifs is 1. The zero-order valence-electron chi connectivity index (χ0n) is 20.1. The van der Waals surface area contributed by atoms with Gasteiger partial charge in [-0.15, -0.1) is 0 Å². The Bertz CT molecular complexity index is 1370. The smallest absolute Gasteiger partial charge is 0.344 e. The third-order valence-corrected chi connectivity index (χ3v) is 6.84. The first-order valence-corrected chi connectivity index (χ1v) is 13.4. The summed E-state index contributed by atoms with van der Waals surface area (Å²) in [5.41, 5.74) is 2.96. The molecule has 0 aromatic heterocycles. The number of carbonyl (C=O) groups excluding carboxylic acids is 2. The number of hydrogen-bond acceptors (Lipinski definition) is 7. The third-order valence-electron chi connectivity index (χ3n) is 5.71. The average molecular weight is 510 g/mol. The second-order valence-corrected chi connectivity index (χ2v) is 10.3. The predicted molar refractivity (Wildman–Crippen MR) is 134 cm³/mol. The van der Waals surface area contributed by atoms with Gasteiger partial charge >= 0.3 is 5.97 Å². The molecule has 0 atom stereocenters. The fourth-order valence-electron chi connectivity index (χ4n) is 3.94. The fourth-order valence-corrected chi connectivity index (χ4v) is 4.57. The van der Waals surface area contributed by atoms with Gasteiger partial charge in [0.15, 0.2) is 16.4 Å². The van der Waals surface area contributed by atoms with Crippen LogP contribution in [0.5, 0.6) is 11.5 Å². The highest BCUT2D eigenvalue weighted by Gasteiger charge is 2.31. The maximum atomic E-state index is 13.0. The molecule has 0 fully saturated rings. The van der Waals surface area contributed by atoms with E-state index in [1.807, 2.05) is 24.3 Å². The second kappa shape index (κ2) is 10.8. The first kappa shape index (κ1) is 25.2. The number of hydrogen-bond donors (Lipinski definition) is 0. The molecule has 1 heterocycles. The average Bonchev–Trinajstić information content (AvgIpc) is 3.20. The van der Waals surface area contributed by atoms with Crippen molar-refractivity contribution in [2.45, 2.75) is 24.8 Å². The highest BCUT2D eigenvalue weighted by atomic mass is 32.2. The van der Waals surface area contributed by atoms with Crippen LogP contribution in [0.3, 0.4) is 0 Å². The van der Waals surface area contributed by atoms with Crippen LogP contribution < -0.4 is 14.4 Å². The lowest BCUT2D eigenvalue weighted by Gasteiger charge is -2.16. The zero-order valence-corrected chi connectivity index (χ0v) is 20.9. The van der Waals surface area contributed by atoms with Crippen molar-refractivity contribution in [3.63, 3.8) is 0 Å². The van der Waals surface area contributed by atoms with Crippen LogP contribution in [0.4, 0.5) is 5.69 Å². The van der Waals surface area contributed by atoms with E-state index < -0.39 is 15.8 Å². The molecule has 3 aromatic carbocycles. The van der Waals surface area contributed by atoms with Crippen LogP contribution in [0.1, 0.15) is 28.4 Å². The van der Waals surface area contributed by atoms with Crippen LogP contribution in [0.25, 0.3) is 0 Å². The van der Waals surface area contributed by atoms with Crippen molar-refractivity contribution in [3.8, 4) is 11.5 Å². The fraction of sp³-hybridized carbons (Fsp3) is 0.259. The molecule has 3 aromatic rings. The van der Waals surface area contributed by atoms with Crippen molar-refractivity contribution in [1.29, 1.82) is 0 Å². The number of rotatable bonds is 10. The molecule has 1 aliphatic heterocycles. The van der Waals surface area contributed by atoms with Gasteiger partial charge in [0.2, 0.25) is 0 Å². The molecule has 9 heteroatoms. The Morgan fingerprint density at radius 3 is 2.47 bits per heavy atom. The molecule has 188 valence electrons. The molecule has 0 radical (unpaired) electrons. The summed E-state index contributed by atoms with van der Waals surface area (Å²) in [6, 6.07) is 19.1. The van der Waals surface area contributed by atoms with Gasteiger partial charge in [0.05, 0.1) is 24.7 Å². The minimum Gasteiger partial charge on any atom is -0.493 e. The van der Waals surface area contributed by atoms with Gasteiger partial charge in [0.1, 0.15) is 11.5 Å². The number of ether oxygens (including phenoxy) is 3. The minimum atomic E-state index is -3.31. The number of amides is 1. The van der Waals surface area contributed by atoms with E-state index >= 15 is 0 Å². The highest BCUT2D eigenvalue weighted by Crippen LogP contribution is 2.34. The molecule has 1 aliphatic rings. The molecule has 0 saturated heterocycles. The molecule has 0 spiro atoms. The van der Waals surface area contributed by atoms with E-state index in [4.69, 9.17) is 14.2 Å². The van der Waals surface area contributed by atoms with E-state index in [9.17, 15) is 18.0 Å². The number of sulfone groups is 1. The zero-order chi connectivity index (χ0) is 25.7. The van der Waals surface area contributed by atoms with Gasteiger partial charge in [-0.25, -0.2) is 13.2 Å². The first-order valence-electron chi connectivity index (χ1n) is 11.5. The monoisotopic (exact) mass is 509 g/mol. The van der Waals surface area contributed by atoms with Crippen LogP contribution >= 0.6 is 0 Å². The first-order chi connectivity index (χ1) is 17.3. The number of benzene rings is 3. The molecular formula is C27H27NO7S. The summed E-state index contributed by atoms with van der Waals surface area (Å²) in [5.74, 6) is 0.628. The van der Waals surface area contributed by atoms with Crippen molar-refractivity contribution in [1.82, 2.24) is 0 Å². The molecule has 0 unspecified atom stereocenters. The van der Waals surface area contributed by atoms with E-state index in [1.54, 1.807) is 42.2 Å². The van der Waals surface area contributed by atoms with Gasteiger partial charge in [-0.1, -0.05) is 18.2 Å². The van der Waals surface area contributed by atoms with Gasteiger partial charge in [-0.2, -0.15) is 0 Å². The molecule has 0 bridgehead atoms. The normalized spacial score (nSPS) is 12.8. The third kappa shape index (κ3) is 5.85. The largest absolute Gasteiger partial charge is 0.493 e. The van der Waals surface area contributed by atoms with Crippen molar-refractivity contribution >= 4 is 27.4 Å². The molecule has 1 amide bonds. The summed E-state index contributed by atoms with van der Waals surface area (Å²) in [5, 5.41) is 0. The Kier molecular flexibility index (Phi) is 7.59. The Morgan fingerprint density at radius 1 is 1.00 bits per heavy atom. The number of nitrogens with zero attached hydrogens (tertiary/aromatic N) is 1. The summed E-state index contributed by atoms with van der Waals surface area (Å²) in [4.78, 5) is 26.3. The molecule has 0 aliphatic carbocycles. The van der Waals surface area contributed by atoms with Gasteiger partial charge in [0, 0.05) is 29.5 Å². The summed E-state index contributed by atoms with van der Waals surface area (Å²) in [6.45, 7) is 2.62. The van der Waals surface area contributed by atoms with E-state index in [-0.39, 0.29) is 17.4 Å².